The normalized spacial score (nSPS) is 43.2. The van der Waals surface area contributed by atoms with Gasteiger partial charge in [0.1, 0.15) is 0 Å². The molecule has 148 valence electrons. The van der Waals surface area contributed by atoms with E-state index in [-0.39, 0.29) is 17.2 Å². The monoisotopic (exact) mass is 372 g/mol. The van der Waals surface area contributed by atoms with Crippen LogP contribution in [0.15, 0.2) is 11.6 Å². The Kier molecular flexibility index (Phi) is 4.59. The van der Waals surface area contributed by atoms with Crippen LogP contribution in [0.5, 0.6) is 0 Å². The SMILES string of the molecule is CC[C@]12CC[C@H]3[C@@H](CCC4=CC(=O)CC[C@@H]43)[C@@H]1CC[C@@]2(OC(C)=O)C(C)=O. The Balaban J connectivity index is 1.70. The van der Waals surface area contributed by atoms with Crippen molar-refractivity contribution in [1.82, 2.24) is 0 Å². The lowest BCUT2D eigenvalue weighted by Crippen LogP contribution is -2.58. The molecule has 4 heteroatoms. The van der Waals surface area contributed by atoms with Crippen LogP contribution in [0.25, 0.3) is 0 Å². The molecular weight excluding hydrogens is 340 g/mol. The molecule has 0 amide bonds. The summed E-state index contributed by atoms with van der Waals surface area (Å²) in [7, 11) is 0. The molecule has 0 spiro atoms. The average Bonchev–Trinajstić information content (AvgIpc) is 2.96. The Morgan fingerprint density at radius 3 is 2.52 bits per heavy atom. The molecular formula is C23H32O4. The first-order chi connectivity index (χ1) is 12.8. The highest BCUT2D eigenvalue weighted by atomic mass is 16.6. The minimum Gasteiger partial charge on any atom is -0.451 e. The van der Waals surface area contributed by atoms with Gasteiger partial charge in [0.05, 0.1) is 0 Å². The zero-order valence-corrected chi connectivity index (χ0v) is 16.9. The Labute approximate surface area is 162 Å². The summed E-state index contributed by atoms with van der Waals surface area (Å²) in [4.78, 5) is 36.6. The van der Waals surface area contributed by atoms with Crippen LogP contribution in [0.3, 0.4) is 0 Å². The van der Waals surface area contributed by atoms with Gasteiger partial charge < -0.3 is 4.74 Å². The summed E-state index contributed by atoms with van der Waals surface area (Å²) in [6.45, 7) is 5.22. The van der Waals surface area contributed by atoms with Gasteiger partial charge in [-0.25, -0.2) is 0 Å². The molecule has 0 heterocycles. The van der Waals surface area contributed by atoms with Gasteiger partial charge in [0, 0.05) is 18.8 Å². The van der Waals surface area contributed by atoms with Gasteiger partial charge in [0.2, 0.25) is 0 Å². The van der Waals surface area contributed by atoms with Crippen LogP contribution in [0.4, 0.5) is 0 Å². The first-order valence-corrected chi connectivity index (χ1v) is 10.8. The molecule has 0 aromatic heterocycles. The third kappa shape index (κ3) is 2.58. The van der Waals surface area contributed by atoms with E-state index in [1.807, 2.05) is 6.08 Å². The second-order valence-electron chi connectivity index (χ2n) is 9.37. The summed E-state index contributed by atoms with van der Waals surface area (Å²) in [6, 6.07) is 0. The number of esters is 1. The number of ether oxygens (including phenoxy) is 1. The number of carbonyl (C=O) groups excluding carboxylic acids is 3. The molecule has 0 N–H and O–H groups in total. The van der Waals surface area contributed by atoms with Gasteiger partial charge in [-0.1, -0.05) is 12.5 Å². The number of allylic oxidation sites excluding steroid dienone is 1. The number of rotatable bonds is 3. The molecule has 27 heavy (non-hydrogen) atoms. The predicted octanol–water partition coefficient (Wildman–Crippen LogP) is 4.41. The summed E-state index contributed by atoms with van der Waals surface area (Å²) < 4.78 is 5.88. The minimum atomic E-state index is -0.929. The zero-order chi connectivity index (χ0) is 19.4. The highest BCUT2D eigenvalue weighted by Gasteiger charge is 2.68. The first-order valence-electron chi connectivity index (χ1n) is 10.8. The average molecular weight is 373 g/mol. The van der Waals surface area contributed by atoms with E-state index in [1.54, 1.807) is 6.92 Å². The highest BCUT2D eigenvalue weighted by molar-refractivity contribution is 5.91. The molecule has 0 aromatic carbocycles. The summed E-state index contributed by atoms with van der Waals surface area (Å²) in [6.07, 6.45) is 10.3. The fourth-order valence-corrected chi connectivity index (χ4v) is 7.72. The third-order valence-corrected chi connectivity index (χ3v) is 8.64. The second kappa shape index (κ2) is 6.56. The topological polar surface area (TPSA) is 60.4 Å². The van der Waals surface area contributed by atoms with E-state index in [9.17, 15) is 14.4 Å². The van der Waals surface area contributed by atoms with E-state index < -0.39 is 5.60 Å². The van der Waals surface area contributed by atoms with Gasteiger partial charge >= 0.3 is 5.97 Å². The van der Waals surface area contributed by atoms with Crippen LogP contribution in [-0.2, 0) is 19.1 Å². The van der Waals surface area contributed by atoms with Crippen LogP contribution in [0.2, 0.25) is 0 Å². The van der Waals surface area contributed by atoms with E-state index in [2.05, 4.69) is 6.92 Å². The molecule has 4 aliphatic carbocycles. The largest absolute Gasteiger partial charge is 0.451 e. The number of ketones is 2. The second-order valence-corrected chi connectivity index (χ2v) is 9.37. The molecule has 4 nitrogen and oxygen atoms in total. The molecule has 0 saturated heterocycles. The smallest absolute Gasteiger partial charge is 0.303 e. The number of Topliss-reactive ketones (excluding diaryl/α,β-unsaturated/α-hetero) is 1. The standard InChI is InChI=1S/C23H32O4/c1-4-22-11-9-19-18-8-6-17(26)13-16(18)5-7-20(19)21(22)10-12-23(22,14(2)24)27-15(3)25/h13,18-21H,4-12H2,1-3H3/t18-,19+,20+,21-,22-,23+/m0/s1. The zero-order valence-electron chi connectivity index (χ0n) is 16.9. The lowest BCUT2D eigenvalue weighted by Gasteiger charge is -2.56. The molecule has 0 aromatic rings. The molecule has 6 atom stereocenters. The van der Waals surface area contributed by atoms with Gasteiger partial charge in [0.15, 0.2) is 17.2 Å². The highest BCUT2D eigenvalue weighted by Crippen LogP contribution is 2.67. The molecule has 3 fully saturated rings. The number of hydrogen-bond acceptors (Lipinski definition) is 4. The predicted molar refractivity (Wildman–Crippen MR) is 102 cm³/mol. The van der Waals surface area contributed by atoms with E-state index in [0.717, 1.165) is 44.9 Å². The van der Waals surface area contributed by atoms with Crippen molar-refractivity contribution in [3.05, 3.63) is 11.6 Å². The fraction of sp³-hybridized carbons (Fsp3) is 0.783. The molecule has 0 unspecified atom stereocenters. The Morgan fingerprint density at radius 1 is 1.07 bits per heavy atom. The van der Waals surface area contributed by atoms with E-state index >= 15 is 0 Å². The first kappa shape index (κ1) is 18.9. The summed E-state index contributed by atoms with van der Waals surface area (Å²) >= 11 is 0. The van der Waals surface area contributed by atoms with Crippen LogP contribution in [-0.4, -0.2) is 23.1 Å². The van der Waals surface area contributed by atoms with Crippen LogP contribution in [0, 0.1) is 29.1 Å². The van der Waals surface area contributed by atoms with Crippen molar-refractivity contribution < 1.29 is 19.1 Å². The molecule has 3 saturated carbocycles. The summed E-state index contributed by atoms with van der Waals surface area (Å²) in [5.41, 5.74) is 0.242. The van der Waals surface area contributed by atoms with Crippen molar-refractivity contribution >= 4 is 17.5 Å². The van der Waals surface area contributed by atoms with Gasteiger partial charge in [0.25, 0.3) is 0 Å². The molecule has 4 rings (SSSR count). The lowest BCUT2D eigenvalue weighted by atomic mass is 9.49. The molecule has 0 radical (unpaired) electrons. The maximum Gasteiger partial charge on any atom is 0.303 e. The number of hydrogen-bond donors (Lipinski definition) is 0. The maximum absolute atomic E-state index is 12.8. The molecule has 4 aliphatic rings. The van der Waals surface area contributed by atoms with Crippen molar-refractivity contribution in [1.29, 1.82) is 0 Å². The maximum atomic E-state index is 12.8. The van der Waals surface area contributed by atoms with E-state index in [1.165, 1.54) is 12.5 Å². The van der Waals surface area contributed by atoms with Gasteiger partial charge in [-0.2, -0.15) is 0 Å². The van der Waals surface area contributed by atoms with Crippen molar-refractivity contribution in [2.75, 3.05) is 0 Å². The van der Waals surface area contributed by atoms with Crippen LogP contribution in [0.1, 0.15) is 78.6 Å². The van der Waals surface area contributed by atoms with Crippen molar-refractivity contribution in [3.63, 3.8) is 0 Å². The van der Waals surface area contributed by atoms with Gasteiger partial charge in [-0.05, 0) is 88.0 Å². The van der Waals surface area contributed by atoms with Crippen LogP contribution >= 0.6 is 0 Å². The Morgan fingerprint density at radius 2 is 1.85 bits per heavy atom. The molecule has 0 aliphatic heterocycles. The van der Waals surface area contributed by atoms with Crippen molar-refractivity contribution in [3.8, 4) is 0 Å². The van der Waals surface area contributed by atoms with E-state index in [4.69, 9.17) is 4.74 Å². The van der Waals surface area contributed by atoms with Gasteiger partial charge in [-0.3, -0.25) is 14.4 Å². The molecule has 0 bridgehead atoms. The van der Waals surface area contributed by atoms with Crippen LogP contribution < -0.4 is 0 Å². The Hall–Kier alpha value is -1.45. The van der Waals surface area contributed by atoms with Gasteiger partial charge in [-0.15, -0.1) is 0 Å². The minimum absolute atomic E-state index is 0.0279. The summed E-state index contributed by atoms with van der Waals surface area (Å²) in [5, 5.41) is 0. The van der Waals surface area contributed by atoms with E-state index in [0.29, 0.717) is 42.3 Å². The fourth-order valence-electron chi connectivity index (χ4n) is 7.72. The Bertz CT molecular complexity index is 707. The van der Waals surface area contributed by atoms with Crippen molar-refractivity contribution in [2.45, 2.75) is 84.2 Å². The summed E-state index contributed by atoms with van der Waals surface area (Å²) in [5.74, 6) is 2.21. The third-order valence-electron chi connectivity index (χ3n) is 8.64. The van der Waals surface area contributed by atoms with Crippen molar-refractivity contribution in [2.24, 2.45) is 29.1 Å². The quantitative estimate of drug-likeness (QED) is 0.689. The number of carbonyl (C=O) groups is 3. The number of fused-ring (bicyclic) bond motifs is 5. The lowest BCUT2D eigenvalue weighted by molar-refractivity contribution is -0.189.